The summed E-state index contributed by atoms with van der Waals surface area (Å²) in [6.45, 7) is 4.09. The van der Waals surface area contributed by atoms with Gasteiger partial charge in [0.2, 0.25) is 0 Å². The van der Waals surface area contributed by atoms with Gasteiger partial charge in [0.25, 0.3) is 0 Å². The van der Waals surface area contributed by atoms with E-state index < -0.39 is 17.6 Å². The second-order valence-electron chi connectivity index (χ2n) is 4.51. The Balaban J connectivity index is 2.01. The van der Waals surface area contributed by atoms with Crippen LogP contribution in [0.15, 0.2) is 18.2 Å². The lowest BCUT2D eigenvalue weighted by Crippen LogP contribution is -2.49. The number of halogens is 1. The van der Waals surface area contributed by atoms with Crippen LogP contribution in [0.3, 0.4) is 0 Å². The number of carbonyl (C=O) groups is 2. The predicted molar refractivity (Wildman–Crippen MR) is 69.2 cm³/mol. The van der Waals surface area contributed by atoms with Gasteiger partial charge in [-0.05, 0) is 30.7 Å². The van der Waals surface area contributed by atoms with E-state index in [-0.39, 0.29) is 0 Å². The number of rotatable bonds is 1. The monoisotopic (exact) mass is 265 g/mol. The molecular weight excluding hydrogens is 249 g/mol. The van der Waals surface area contributed by atoms with Crippen molar-refractivity contribution >= 4 is 17.5 Å². The van der Waals surface area contributed by atoms with Crippen LogP contribution in [0.25, 0.3) is 0 Å². The van der Waals surface area contributed by atoms with Gasteiger partial charge in [0.1, 0.15) is 5.82 Å². The van der Waals surface area contributed by atoms with Crippen LogP contribution in [0, 0.1) is 12.7 Å². The third kappa shape index (κ3) is 3.51. The van der Waals surface area contributed by atoms with E-state index in [4.69, 9.17) is 0 Å². The molecule has 0 unspecified atom stereocenters. The molecule has 2 amide bonds. The Morgan fingerprint density at radius 1 is 1.26 bits per heavy atom. The molecule has 1 aliphatic heterocycles. The number of hydrogen-bond acceptors (Lipinski definition) is 3. The van der Waals surface area contributed by atoms with E-state index in [1.54, 1.807) is 13.0 Å². The highest BCUT2D eigenvalue weighted by Gasteiger charge is 2.23. The Hall–Kier alpha value is -1.95. The van der Waals surface area contributed by atoms with Crippen molar-refractivity contribution in [3.63, 3.8) is 0 Å². The maximum atomic E-state index is 13.2. The fourth-order valence-electron chi connectivity index (χ4n) is 2.00. The zero-order valence-corrected chi connectivity index (χ0v) is 10.7. The summed E-state index contributed by atoms with van der Waals surface area (Å²) in [6.07, 6.45) is 0. The molecule has 102 valence electrons. The van der Waals surface area contributed by atoms with Crippen LogP contribution in [-0.4, -0.2) is 42.9 Å². The van der Waals surface area contributed by atoms with Crippen LogP contribution >= 0.6 is 0 Å². The molecule has 1 aromatic carbocycles. The Morgan fingerprint density at radius 2 is 1.95 bits per heavy atom. The van der Waals surface area contributed by atoms with E-state index >= 15 is 0 Å². The van der Waals surface area contributed by atoms with Crippen LogP contribution in [0.4, 0.5) is 10.1 Å². The van der Waals surface area contributed by atoms with Gasteiger partial charge in [-0.3, -0.25) is 9.59 Å². The summed E-state index contributed by atoms with van der Waals surface area (Å²) in [5, 5.41) is 5.53. The molecule has 1 aromatic rings. The van der Waals surface area contributed by atoms with Crippen molar-refractivity contribution in [1.29, 1.82) is 0 Å². The number of nitrogens with zero attached hydrogens (tertiary/aromatic N) is 1. The Morgan fingerprint density at radius 3 is 2.58 bits per heavy atom. The summed E-state index contributed by atoms with van der Waals surface area (Å²) in [7, 11) is 0. The zero-order chi connectivity index (χ0) is 13.8. The van der Waals surface area contributed by atoms with E-state index in [1.165, 1.54) is 17.0 Å². The summed E-state index contributed by atoms with van der Waals surface area (Å²) in [6, 6.07) is 4.16. The number of nitrogens with one attached hydrogen (secondary N) is 2. The van der Waals surface area contributed by atoms with E-state index in [0.29, 0.717) is 37.4 Å². The number of carbonyl (C=O) groups excluding carboxylic acids is 2. The molecular formula is C13H16FN3O2. The largest absolute Gasteiger partial charge is 0.332 e. The molecule has 2 N–H and O–H groups in total. The highest BCUT2D eigenvalue weighted by atomic mass is 19.1. The van der Waals surface area contributed by atoms with Gasteiger partial charge in [-0.25, -0.2) is 4.39 Å². The second kappa shape index (κ2) is 5.79. The Labute approximate surface area is 110 Å². The van der Waals surface area contributed by atoms with Crippen LogP contribution < -0.4 is 10.6 Å². The maximum absolute atomic E-state index is 13.2. The van der Waals surface area contributed by atoms with Crippen molar-refractivity contribution in [1.82, 2.24) is 10.2 Å². The summed E-state index contributed by atoms with van der Waals surface area (Å²) in [5.41, 5.74) is 0.982. The van der Waals surface area contributed by atoms with Crippen LogP contribution in [0.2, 0.25) is 0 Å². The summed E-state index contributed by atoms with van der Waals surface area (Å²) in [5.74, 6) is -1.75. The molecule has 0 atom stereocenters. The lowest BCUT2D eigenvalue weighted by atomic mass is 10.2. The SMILES string of the molecule is Cc1cc(F)cc(NC(=O)C(=O)N2CCNCC2)c1. The lowest BCUT2D eigenvalue weighted by molar-refractivity contribution is -0.143. The van der Waals surface area contributed by atoms with Crippen LogP contribution in [0.1, 0.15) is 5.56 Å². The van der Waals surface area contributed by atoms with Gasteiger partial charge in [0.15, 0.2) is 0 Å². The first-order chi connectivity index (χ1) is 9.06. The number of piperazine rings is 1. The molecule has 1 aliphatic rings. The van der Waals surface area contributed by atoms with Gasteiger partial charge >= 0.3 is 11.8 Å². The van der Waals surface area contributed by atoms with Gasteiger partial charge < -0.3 is 15.5 Å². The maximum Gasteiger partial charge on any atom is 0.313 e. The second-order valence-corrected chi connectivity index (χ2v) is 4.51. The van der Waals surface area contributed by atoms with Gasteiger partial charge in [0.05, 0.1) is 0 Å². The first-order valence-electron chi connectivity index (χ1n) is 6.14. The number of anilines is 1. The van der Waals surface area contributed by atoms with E-state index in [9.17, 15) is 14.0 Å². The number of benzene rings is 1. The van der Waals surface area contributed by atoms with Crippen LogP contribution in [0.5, 0.6) is 0 Å². The fraction of sp³-hybridized carbons (Fsp3) is 0.385. The van der Waals surface area contributed by atoms with Crippen molar-refractivity contribution in [2.24, 2.45) is 0 Å². The predicted octanol–water partition coefficient (Wildman–Crippen LogP) is 0.504. The molecule has 0 spiro atoms. The third-order valence-electron chi connectivity index (χ3n) is 2.90. The first kappa shape index (κ1) is 13.5. The molecule has 0 bridgehead atoms. The quantitative estimate of drug-likeness (QED) is 0.727. The molecule has 1 heterocycles. The van der Waals surface area contributed by atoms with Gasteiger partial charge in [-0.1, -0.05) is 0 Å². The molecule has 5 nitrogen and oxygen atoms in total. The smallest absolute Gasteiger partial charge is 0.313 e. The van der Waals surface area contributed by atoms with Gasteiger partial charge in [-0.15, -0.1) is 0 Å². The van der Waals surface area contributed by atoms with Crippen LogP contribution in [-0.2, 0) is 9.59 Å². The normalized spacial score (nSPS) is 15.2. The molecule has 1 saturated heterocycles. The summed E-state index contributed by atoms with van der Waals surface area (Å²) >= 11 is 0. The molecule has 0 aliphatic carbocycles. The highest BCUT2D eigenvalue weighted by molar-refractivity contribution is 6.39. The lowest BCUT2D eigenvalue weighted by Gasteiger charge is -2.26. The summed E-state index contributed by atoms with van der Waals surface area (Å²) in [4.78, 5) is 25.1. The van der Waals surface area contributed by atoms with Crippen molar-refractivity contribution < 1.29 is 14.0 Å². The van der Waals surface area contributed by atoms with Crippen molar-refractivity contribution in [3.05, 3.63) is 29.6 Å². The van der Waals surface area contributed by atoms with E-state index in [2.05, 4.69) is 10.6 Å². The minimum Gasteiger partial charge on any atom is -0.332 e. The van der Waals surface area contributed by atoms with E-state index in [1.807, 2.05) is 0 Å². The van der Waals surface area contributed by atoms with Gasteiger partial charge in [-0.2, -0.15) is 0 Å². The molecule has 19 heavy (non-hydrogen) atoms. The topological polar surface area (TPSA) is 61.4 Å². The van der Waals surface area contributed by atoms with Crippen molar-refractivity contribution in [3.8, 4) is 0 Å². The molecule has 0 radical (unpaired) electrons. The number of amides is 2. The Bertz CT molecular complexity index is 478. The Kier molecular flexibility index (Phi) is 4.11. The minimum absolute atomic E-state index is 0.297. The number of aryl methyl sites for hydroxylation is 1. The van der Waals surface area contributed by atoms with Crippen molar-refractivity contribution in [2.75, 3.05) is 31.5 Å². The number of hydrogen-bond donors (Lipinski definition) is 2. The molecule has 0 aromatic heterocycles. The standard InChI is InChI=1S/C13H16FN3O2/c1-9-6-10(14)8-11(7-9)16-12(18)13(19)17-4-2-15-3-5-17/h6-8,15H,2-5H2,1H3,(H,16,18). The van der Waals surface area contributed by atoms with Gasteiger partial charge in [0, 0.05) is 31.9 Å². The molecule has 0 saturated carbocycles. The minimum atomic E-state index is -0.730. The first-order valence-corrected chi connectivity index (χ1v) is 6.14. The summed E-state index contributed by atoms with van der Waals surface area (Å²) < 4.78 is 13.2. The average Bonchev–Trinajstić information content (AvgIpc) is 2.37. The molecule has 6 heteroatoms. The van der Waals surface area contributed by atoms with E-state index in [0.717, 1.165) is 0 Å². The average molecular weight is 265 g/mol. The molecule has 1 fully saturated rings. The highest BCUT2D eigenvalue weighted by Crippen LogP contribution is 2.13. The third-order valence-corrected chi connectivity index (χ3v) is 2.90. The van der Waals surface area contributed by atoms with Crippen molar-refractivity contribution in [2.45, 2.75) is 6.92 Å². The zero-order valence-electron chi connectivity index (χ0n) is 10.7. The molecule has 2 rings (SSSR count). The fourth-order valence-corrected chi connectivity index (χ4v) is 2.00.